The lowest BCUT2D eigenvalue weighted by molar-refractivity contribution is 1.16. The number of rotatable bonds is 3. The van der Waals surface area contributed by atoms with Gasteiger partial charge in [-0.2, -0.15) is 0 Å². The normalized spacial score (nSPS) is 12.6. The van der Waals surface area contributed by atoms with Crippen LogP contribution in [0.25, 0.3) is 75.0 Å². The van der Waals surface area contributed by atoms with Crippen molar-refractivity contribution in [2.45, 2.75) is 0 Å². The van der Waals surface area contributed by atoms with Gasteiger partial charge in [-0.3, -0.25) is 0 Å². The Balaban J connectivity index is 1.39. The summed E-state index contributed by atoms with van der Waals surface area (Å²) >= 11 is 1.88. The molecule has 0 spiro atoms. The molecule has 0 aliphatic carbocycles. The van der Waals surface area contributed by atoms with Crippen LogP contribution in [0.1, 0.15) is 0 Å². The van der Waals surface area contributed by atoms with Crippen LogP contribution in [0.3, 0.4) is 0 Å². The van der Waals surface area contributed by atoms with E-state index in [1.165, 1.54) is 63.8 Å². The first-order chi connectivity index (χ1) is 25.7. The number of nitrogens with zero attached hydrogens (tertiary/aromatic N) is 3. The predicted octanol–water partition coefficient (Wildman–Crippen LogP) is 9.15. The Morgan fingerprint density at radius 1 is 0.538 bits per heavy atom. The molecule has 0 saturated heterocycles. The van der Waals surface area contributed by atoms with Crippen LogP contribution in [0.15, 0.2) is 164 Å². The van der Waals surface area contributed by atoms with E-state index < -0.39 is 0 Å². The number of hydrogen-bond donors (Lipinski definition) is 0. The third-order valence-corrected chi connectivity index (χ3v) is 12.0. The van der Waals surface area contributed by atoms with Crippen LogP contribution in [0, 0.1) is 0 Å². The molecule has 240 valence electrons. The van der Waals surface area contributed by atoms with Crippen LogP contribution in [0.5, 0.6) is 0 Å². The van der Waals surface area contributed by atoms with Gasteiger partial charge in [0.1, 0.15) is 7.85 Å². The Labute approximate surface area is 306 Å². The lowest BCUT2D eigenvalue weighted by Crippen LogP contribution is -2.58. The standard InChI is InChI=1S/C46H29B2N3S/c47-35-23-13-24-37-42(35)43(29-15-3-1-4-16-29)50-46(49-37)51-44-40(32-20-9-10-21-33(32)45-41(44)34-22-11-12-25-38(34)52-45)39-31-19-8-7-14-28(31)26-27-36(39)48(51)30-17-5-2-6-18-30/h1-27H,47H2. The third kappa shape index (κ3) is 4.22. The zero-order valence-electron chi connectivity index (χ0n) is 28.4. The second-order valence-corrected chi connectivity index (χ2v) is 14.8. The number of fused-ring (bicyclic) bond motifs is 13. The molecule has 0 N–H and O–H groups in total. The maximum absolute atomic E-state index is 5.64. The number of thiophene rings is 1. The van der Waals surface area contributed by atoms with Gasteiger partial charge in [0.25, 0.3) is 0 Å². The summed E-state index contributed by atoms with van der Waals surface area (Å²) < 4.78 is 2.56. The predicted molar refractivity (Wildman–Crippen MR) is 227 cm³/mol. The molecule has 6 heteroatoms. The largest absolute Gasteiger partial charge is 0.345 e. The molecular formula is C46H29B2N3S. The molecule has 0 atom stereocenters. The molecule has 0 bridgehead atoms. The SMILES string of the molecule is Bc1cccc2nc(N3B(c4ccccc4)c4ccc5ccccc5c4-c4c3c3c5ccccc5sc3c3ccccc43)nc(-c3ccccc3)c12. The van der Waals surface area contributed by atoms with Crippen LogP contribution >= 0.6 is 11.3 Å². The van der Waals surface area contributed by atoms with Crippen molar-refractivity contribution in [2.75, 3.05) is 4.81 Å². The molecule has 0 unspecified atom stereocenters. The monoisotopic (exact) mass is 677 g/mol. The highest BCUT2D eigenvalue weighted by atomic mass is 32.1. The van der Waals surface area contributed by atoms with E-state index in [9.17, 15) is 0 Å². The van der Waals surface area contributed by atoms with Gasteiger partial charge in [-0.25, -0.2) is 9.97 Å². The minimum Gasteiger partial charge on any atom is -0.345 e. The van der Waals surface area contributed by atoms with Gasteiger partial charge < -0.3 is 4.81 Å². The summed E-state index contributed by atoms with van der Waals surface area (Å²) in [7, 11) is 2.16. The lowest BCUT2D eigenvalue weighted by atomic mass is 9.45. The van der Waals surface area contributed by atoms with Crippen molar-refractivity contribution >= 4 is 107 Å². The highest BCUT2D eigenvalue weighted by Crippen LogP contribution is 2.54. The van der Waals surface area contributed by atoms with Gasteiger partial charge in [-0.1, -0.05) is 163 Å². The fourth-order valence-corrected chi connectivity index (χ4v) is 9.86. The summed E-state index contributed by atoms with van der Waals surface area (Å²) in [5.74, 6) is 0.692. The van der Waals surface area contributed by atoms with Crippen molar-refractivity contribution in [3.05, 3.63) is 164 Å². The van der Waals surface area contributed by atoms with Crippen LogP contribution in [-0.2, 0) is 0 Å². The minimum atomic E-state index is -0.192. The first-order valence-electron chi connectivity index (χ1n) is 17.8. The Morgan fingerprint density at radius 3 is 2.06 bits per heavy atom. The van der Waals surface area contributed by atoms with Crippen LogP contribution < -0.4 is 21.2 Å². The summed E-state index contributed by atoms with van der Waals surface area (Å²) in [5.41, 5.74) is 10.2. The second-order valence-electron chi connectivity index (χ2n) is 13.7. The van der Waals surface area contributed by atoms with Gasteiger partial charge in [-0.05, 0) is 39.3 Å². The number of benzene rings is 8. The van der Waals surface area contributed by atoms with E-state index in [4.69, 9.17) is 9.97 Å². The van der Waals surface area contributed by atoms with Crippen LogP contribution in [0.2, 0.25) is 0 Å². The zero-order valence-corrected chi connectivity index (χ0v) is 29.2. The van der Waals surface area contributed by atoms with E-state index in [2.05, 4.69) is 176 Å². The molecule has 1 aliphatic rings. The third-order valence-electron chi connectivity index (χ3n) is 10.8. The quantitative estimate of drug-likeness (QED) is 0.175. The second kappa shape index (κ2) is 11.4. The average molecular weight is 677 g/mol. The van der Waals surface area contributed by atoms with E-state index in [0.29, 0.717) is 5.95 Å². The fraction of sp³-hybridized carbons (Fsp3) is 0. The Bertz CT molecular complexity index is 3050. The van der Waals surface area contributed by atoms with Gasteiger partial charge in [0.2, 0.25) is 5.95 Å². The van der Waals surface area contributed by atoms with Crippen LogP contribution in [0.4, 0.5) is 11.6 Å². The summed E-state index contributed by atoms with van der Waals surface area (Å²) in [6.45, 7) is -0.192. The number of hydrogen-bond acceptors (Lipinski definition) is 4. The summed E-state index contributed by atoms with van der Waals surface area (Å²) in [6.07, 6.45) is 0. The molecule has 52 heavy (non-hydrogen) atoms. The van der Waals surface area contributed by atoms with Crippen molar-refractivity contribution < 1.29 is 0 Å². The molecule has 0 amide bonds. The number of aromatic nitrogens is 2. The Morgan fingerprint density at radius 2 is 1.23 bits per heavy atom. The molecule has 3 heterocycles. The zero-order chi connectivity index (χ0) is 34.3. The van der Waals surface area contributed by atoms with Gasteiger partial charge >= 0.3 is 6.85 Å². The smallest absolute Gasteiger partial charge is 0.332 e. The van der Waals surface area contributed by atoms with Gasteiger partial charge in [0, 0.05) is 47.8 Å². The molecule has 10 aromatic rings. The van der Waals surface area contributed by atoms with Crippen molar-refractivity contribution in [3.63, 3.8) is 0 Å². The molecular weight excluding hydrogens is 648 g/mol. The van der Waals surface area contributed by atoms with Crippen molar-refractivity contribution in [1.29, 1.82) is 0 Å². The van der Waals surface area contributed by atoms with Crippen LogP contribution in [-0.4, -0.2) is 24.7 Å². The Kier molecular flexibility index (Phi) is 6.46. The molecule has 2 aromatic heterocycles. The Hall–Kier alpha value is -6.23. The van der Waals surface area contributed by atoms with E-state index in [-0.39, 0.29) is 6.85 Å². The highest BCUT2D eigenvalue weighted by molar-refractivity contribution is 7.27. The minimum absolute atomic E-state index is 0.192. The van der Waals surface area contributed by atoms with Crippen molar-refractivity contribution in [2.24, 2.45) is 0 Å². The molecule has 11 rings (SSSR count). The van der Waals surface area contributed by atoms with Gasteiger partial charge in [0.05, 0.1) is 11.2 Å². The van der Waals surface area contributed by atoms with Gasteiger partial charge in [-0.15, -0.1) is 11.3 Å². The molecule has 1 aliphatic heterocycles. The molecule has 8 aromatic carbocycles. The molecule has 0 saturated carbocycles. The topological polar surface area (TPSA) is 29.0 Å². The maximum Gasteiger partial charge on any atom is 0.332 e. The molecule has 3 nitrogen and oxygen atoms in total. The average Bonchev–Trinajstić information content (AvgIpc) is 3.60. The van der Waals surface area contributed by atoms with E-state index in [0.717, 1.165) is 33.3 Å². The molecule has 0 radical (unpaired) electrons. The highest BCUT2D eigenvalue weighted by Gasteiger charge is 2.42. The van der Waals surface area contributed by atoms with Crippen molar-refractivity contribution in [1.82, 2.24) is 9.97 Å². The van der Waals surface area contributed by atoms with E-state index >= 15 is 0 Å². The summed E-state index contributed by atoms with van der Waals surface area (Å²) in [4.78, 5) is 13.6. The molecule has 0 fully saturated rings. The number of anilines is 2. The van der Waals surface area contributed by atoms with Gasteiger partial charge in [0.15, 0.2) is 0 Å². The first-order valence-corrected chi connectivity index (χ1v) is 18.6. The fourth-order valence-electron chi connectivity index (χ4n) is 8.61. The summed E-state index contributed by atoms with van der Waals surface area (Å²) in [6, 6.07) is 59.2. The summed E-state index contributed by atoms with van der Waals surface area (Å²) in [5, 5.41) is 8.59. The van der Waals surface area contributed by atoms with E-state index in [1.807, 2.05) is 11.3 Å². The van der Waals surface area contributed by atoms with Crippen molar-refractivity contribution in [3.8, 4) is 22.4 Å². The maximum atomic E-state index is 5.64. The lowest BCUT2D eigenvalue weighted by Gasteiger charge is -2.39. The van der Waals surface area contributed by atoms with E-state index in [1.54, 1.807) is 0 Å². The first kappa shape index (κ1) is 29.5.